The molecule has 1 fully saturated rings. The van der Waals surface area contributed by atoms with E-state index >= 15 is 0 Å². The SMILES string of the molecule is C=C(Sc1nnc(-c2ccccc2)c(-c2ccccc2)n1)C(=O)NC1CC1. The number of hydrogen-bond acceptors (Lipinski definition) is 5. The number of hydrogen-bond donors (Lipinski definition) is 1. The molecule has 1 heterocycles. The molecule has 1 aliphatic rings. The summed E-state index contributed by atoms with van der Waals surface area (Å²) < 4.78 is 0. The molecule has 27 heavy (non-hydrogen) atoms. The third-order valence-corrected chi connectivity index (χ3v) is 4.93. The van der Waals surface area contributed by atoms with Crippen LogP contribution in [0.15, 0.2) is 77.3 Å². The summed E-state index contributed by atoms with van der Waals surface area (Å²) in [6.07, 6.45) is 2.07. The topological polar surface area (TPSA) is 67.8 Å². The molecule has 0 bridgehead atoms. The van der Waals surface area contributed by atoms with E-state index in [4.69, 9.17) is 0 Å². The standard InChI is InChI=1S/C21H18N4OS/c1-14(20(26)22-17-12-13-17)27-21-23-18(15-8-4-2-5-9-15)19(24-25-21)16-10-6-3-7-11-16/h2-11,17H,1,12-13H2,(H,22,26). The summed E-state index contributed by atoms with van der Waals surface area (Å²) in [5.41, 5.74) is 3.33. The van der Waals surface area contributed by atoms with Gasteiger partial charge in [-0.1, -0.05) is 67.2 Å². The molecule has 1 saturated carbocycles. The first-order chi connectivity index (χ1) is 13.2. The van der Waals surface area contributed by atoms with Gasteiger partial charge in [-0.3, -0.25) is 4.79 Å². The minimum atomic E-state index is -0.167. The predicted molar refractivity (Wildman–Crippen MR) is 107 cm³/mol. The molecule has 1 aliphatic carbocycles. The highest BCUT2D eigenvalue weighted by Gasteiger charge is 2.25. The molecule has 0 aliphatic heterocycles. The van der Waals surface area contributed by atoms with Gasteiger partial charge in [0.2, 0.25) is 5.16 Å². The van der Waals surface area contributed by atoms with E-state index in [0.717, 1.165) is 41.4 Å². The first-order valence-corrected chi connectivity index (χ1v) is 9.55. The second-order valence-electron chi connectivity index (χ2n) is 6.30. The van der Waals surface area contributed by atoms with E-state index in [-0.39, 0.29) is 11.9 Å². The van der Waals surface area contributed by atoms with Crippen molar-refractivity contribution in [3.63, 3.8) is 0 Å². The zero-order valence-electron chi connectivity index (χ0n) is 14.6. The molecule has 0 radical (unpaired) electrons. The second-order valence-corrected chi connectivity index (χ2v) is 7.36. The van der Waals surface area contributed by atoms with Crippen molar-refractivity contribution < 1.29 is 4.79 Å². The Hall–Kier alpha value is -2.99. The first kappa shape index (κ1) is 17.4. The van der Waals surface area contributed by atoms with E-state index < -0.39 is 0 Å². The summed E-state index contributed by atoms with van der Waals surface area (Å²) >= 11 is 1.14. The molecule has 4 rings (SSSR count). The van der Waals surface area contributed by atoms with Gasteiger partial charge in [-0.15, -0.1) is 10.2 Å². The minimum absolute atomic E-state index is 0.167. The van der Waals surface area contributed by atoms with Crippen molar-refractivity contribution in [1.82, 2.24) is 20.5 Å². The Morgan fingerprint density at radius 1 is 0.926 bits per heavy atom. The molecule has 1 N–H and O–H groups in total. The maximum atomic E-state index is 12.1. The second kappa shape index (κ2) is 7.72. The van der Waals surface area contributed by atoms with Crippen LogP contribution in [0, 0.1) is 0 Å². The van der Waals surface area contributed by atoms with Crippen LogP contribution in [0.2, 0.25) is 0 Å². The van der Waals surface area contributed by atoms with Gasteiger partial charge in [0.1, 0.15) is 11.4 Å². The van der Waals surface area contributed by atoms with Gasteiger partial charge in [0.15, 0.2) is 0 Å². The van der Waals surface area contributed by atoms with Crippen LogP contribution in [0.3, 0.4) is 0 Å². The average molecular weight is 374 g/mol. The van der Waals surface area contributed by atoms with Crippen LogP contribution in [0.5, 0.6) is 0 Å². The number of rotatable bonds is 6. The number of carbonyl (C=O) groups excluding carboxylic acids is 1. The van der Waals surface area contributed by atoms with Gasteiger partial charge in [0.25, 0.3) is 5.91 Å². The van der Waals surface area contributed by atoms with Crippen LogP contribution in [0.1, 0.15) is 12.8 Å². The fraction of sp³-hybridized carbons (Fsp3) is 0.143. The lowest BCUT2D eigenvalue weighted by molar-refractivity contribution is -0.116. The molecule has 6 heteroatoms. The smallest absolute Gasteiger partial charge is 0.257 e. The zero-order chi connectivity index (χ0) is 18.6. The van der Waals surface area contributed by atoms with E-state index in [2.05, 4.69) is 27.1 Å². The highest BCUT2D eigenvalue weighted by Crippen LogP contribution is 2.31. The first-order valence-electron chi connectivity index (χ1n) is 8.74. The lowest BCUT2D eigenvalue weighted by atomic mass is 10.0. The van der Waals surface area contributed by atoms with E-state index in [1.165, 1.54) is 0 Å². The molecule has 3 aromatic rings. The Labute approximate surface area is 162 Å². The molecule has 0 atom stereocenters. The van der Waals surface area contributed by atoms with Crippen LogP contribution in [0.25, 0.3) is 22.5 Å². The van der Waals surface area contributed by atoms with Gasteiger partial charge in [-0.25, -0.2) is 4.98 Å². The monoisotopic (exact) mass is 374 g/mol. The predicted octanol–water partition coefficient (Wildman–Crippen LogP) is 4.09. The molecule has 1 amide bonds. The number of amides is 1. The normalized spacial score (nSPS) is 13.2. The average Bonchev–Trinajstić information content (AvgIpc) is 3.53. The van der Waals surface area contributed by atoms with Crippen molar-refractivity contribution in [2.75, 3.05) is 0 Å². The molecule has 1 aromatic heterocycles. The Morgan fingerprint density at radius 3 is 2.11 bits per heavy atom. The molecular formula is C21H18N4OS. The lowest BCUT2D eigenvalue weighted by Crippen LogP contribution is -2.25. The number of thioether (sulfide) groups is 1. The minimum Gasteiger partial charge on any atom is -0.349 e. The molecule has 0 spiro atoms. The van der Waals surface area contributed by atoms with Crippen molar-refractivity contribution in [2.45, 2.75) is 24.0 Å². The molecular weight excluding hydrogens is 356 g/mol. The van der Waals surface area contributed by atoms with Gasteiger partial charge in [0, 0.05) is 17.2 Å². The van der Waals surface area contributed by atoms with Crippen LogP contribution in [0.4, 0.5) is 0 Å². The lowest BCUT2D eigenvalue weighted by Gasteiger charge is -2.10. The molecule has 0 saturated heterocycles. The zero-order valence-corrected chi connectivity index (χ0v) is 15.4. The van der Waals surface area contributed by atoms with Gasteiger partial charge >= 0.3 is 0 Å². The van der Waals surface area contributed by atoms with Crippen LogP contribution in [-0.4, -0.2) is 27.1 Å². The van der Waals surface area contributed by atoms with Crippen LogP contribution >= 0.6 is 11.8 Å². The maximum absolute atomic E-state index is 12.1. The number of benzene rings is 2. The van der Waals surface area contributed by atoms with Gasteiger partial charge in [0.05, 0.1) is 4.91 Å². The molecule has 0 unspecified atom stereocenters. The Bertz CT molecular complexity index is 972. The molecule has 134 valence electrons. The Kier molecular flexibility index (Phi) is 4.98. The van der Waals surface area contributed by atoms with Gasteiger partial charge < -0.3 is 5.32 Å². The van der Waals surface area contributed by atoms with E-state index in [1.54, 1.807) is 0 Å². The summed E-state index contributed by atoms with van der Waals surface area (Å²) in [5, 5.41) is 12.0. The van der Waals surface area contributed by atoms with E-state index in [1.807, 2.05) is 60.7 Å². The highest BCUT2D eigenvalue weighted by molar-refractivity contribution is 8.03. The Morgan fingerprint density at radius 2 is 1.52 bits per heavy atom. The highest BCUT2D eigenvalue weighted by atomic mass is 32.2. The van der Waals surface area contributed by atoms with Crippen molar-refractivity contribution in [3.8, 4) is 22.5 Å². The van der Waals surface area contributed by atoms with Crippen molar-refractivity contribution >= 4 is 17.7 Å². The number of carbonyl (C=O) groups is 1. The van der Waals surface area contributed by atoms with Crippen molar-refractivity contribution in [1.29, 1.82) is 0 Å². The number of nitrogens with one attached hydrogen (secondary N) is 1. The summed E-state index contributed by atoms with van der Waals surface area (Å²) in [6.45, 7) is 3.86. The van der Waals surface area contributed by atoms with Crippen LogP contribution in [-0.2, 0) is 4.79 Å². The summed E-state index contributed by atoms with van der Waals surface area (Å²) in [5.74, 6) is -0.167. The third kappa shape index (κ3) is 4.23. The van der Waals surface area contributed by atoms with E-state index in [9.17, 15) is 4.79 Å². The fourth-order valence-electron chi connectivity index (χ4n) is 2.59. The number of aromatic nitrogens is 3. The van der Waals surface area contributed by atoms with Crippen molar-refractivity contribution in [3.05, 3.63) is 72.1 Å². The van der Waals surface area contributed by atoms with Crippen LogP contribution < -0.4 is 5.32 Å². The quantitative estimate of drug-likeness (QED) is 0.520. The summed E-state index contributed by atoms with van der Waals surface area (Å²) in [6, 6.07) is 20.0. The number of nitrogens with zero attached hydrogens (tertiary/aromatic N) is 3. The molecule has 5 nitrogen and oxygen atoms in total. The summed E-state index contributed by atoms with van der Waals surface area (Å²) in [7, 11) is 0. The van der Waals surface area contributed by atoms with Gasteiger partial charge in [-0.2, -0.15) is 0 Å². The Balaban J connectivity index is 1.66. The van der Waals surface area contributed by atoms with Gasteiger partial charge in [-0.05, 0) is 24.6 Å². The maximum Gasteiger partial charge on any atom is 0.257 e. The fourth-order valence-corrected chi connectivity index (χ4v) is 3.18. The summed E-state index contributed by atoms with van der Waals surface area (Å²) in [4.78, 5) is 17.2. The van der Waals surface area contributed by atoms with E-state index in [0.29, 0.717) is 15.8 Å². The molecule has 2 aromatic carbocycles. The third-order valence-electron chi connectivity index (χ3n) is 4.14. The largest absolute Gasteiger partial charge is 0.349 e. The van der Waals surface area contributed by atoms with Crippen molar-refractivity contribution in [2.24, 2.45) is 0 Å².